The van der Waals surface area contributed by atoms with Gasteiger partial charge in [-0.25, -0.2) is 4.39 Å². The van der Waals surface area contributed by atoms with Gasteiger partial charge in [0.05, 0.1) is 5.92 Å². The fraction of sp³-hybridized carbons (Fsp3) is 0.533. The minimum atomic E-state index is -0.288. The van der Waals surface area contributed by atoms with E-state index in [1.54, 1.807) is 19.1 Å². The number of nitrogens with two attached hydrogens (primary N) is 1. The Morgan fingerprint density at radius 2 is 2.05 bits per heavy atom. The summed E-state index contributed by atoms with van der Waals surface area (Å²) in [6.45, 7) is 7.78. The van der Waals surface area contributed by atoms with E-state index in [1.165, 1.54) is 6.07 Å². The van der Waals surface area contributed by atoms with Gasteiger partial charge in [0.1, 0.15) is 5.82 Å². The minimum Gasteiger partial charge on any atom is -0.351 e. The van der Waals surface area contributed by atoms with Crippen LogP contribution in [0.25, 0.3) is 0 Å². The quantitative estimate of drug-likeness (QED) is 0.877. The molecule has 19 heavy (non-hydrogen) atoms. The fourth-order valence-electron chi connectivity index (χ4n) is 1.87. The van der Waals surface area contributed by atoms with Gasteiger partial charge in [0.15, 0.2) is 0 Å². The number of carbonyl (C=O) groups excluding carboxylic acids is 1. The smallest absolute Gasteiger partial charge is 0.225 e. The maximum Gasteiger partial charge on any atom is 0.225 e. The Hall–Kier alpha value is -1.42. The van der Waals surface area contributed by atoms with Crippen molar-refractivity contribution in [2.75, 3.05) is 6.54 Å². The standard InChI is InChI=1S/C15H23FN2O/c1-10-7-11(5-6-13(10)16)8-12(9-17)14(19)18-15(2,3)4/h5-7,12H,8-9,17H2,1-4H3,(H,18,19). The minimum absolute atomic E-state index is 0.0584. The van der Waals surface area contributed by atoms with Crippen molar-refractivity contribution in [3.05, 3.63) is 35.1 Å². The number of hydrogen-bond acceptors (Lipinski definition) is 2. The maximum atomic E-state index is 13.2. The van der Waals surface area contributed by atoms with E-state index in [0.29, 0.717) is 12.0 Å². The molecule has 0 bridgehead atoms. The number of carbonyl (C=O) groups is 1. The number of halogens is 1. The molecule has 0 heterocycles. The van der Waals surface area contributed by atoms with Gasteiger partial charge in [-0.15, -0.1) is 0 Å². The van der Waals surface area contributed by atoms with E-state index in [4.69, 9.17) is 5.73 Å². The third-order valence-electron chi connectivity index (χ3n) is 2.86. The number of nitrogens with one attached hydrogen (secondary N) is 1. The number of benzene rings is 1. The van der Waals surface area contributed by atoms with Crippen LogP contribution in [0.15, 0.2) is 18.2 Å². The van der Waals surface area contributed by atoms with Crippen molar-refractivity contribution in [3.8, 4) is 0 Å². The molecule has 1 aromatic rings. The van der Waals surface area contributed by atoms with Crippen LogP contribution >= 0.6 is 0 Å². The molecule has 0 spiro atoms. The summed E-state index contributed by atoms with van der Waals surface area (Å²) in [7, 11) is 0. The molecule has 0 fully saturated rings. The molecule has 1 unspecified atom stereocenters. The van der Waals surface area contributed by atoms with Crippen LogP contribution in [-0.2, 0) is 11.2 Å². The van der Waals surface area contributed by atoms with E-state index < -0.39 is 0 Å². The average molecular weight is 266 g/mol. The number of amides is 1. The molecule has 106 valence electrons. The normalized spacial score (nSPS) is 13.2. The summed E-state index contributed by atoms with van der Waals surface area (Å²) in [6, 6.07) is 4.90. The van der Waals surface area contributed by atoms with Crippen molar-refractivity contribution in [2.24, 2.45) is 11.7 Å². The zero-order valence-electron chi connectivity index (χ0n) is 12.1. The summed E-state index contributed by atoms with van der Waals surface area (Å²) in [5.74, 6) is -0.576. The zero-order chi connectivity index (χ0) is 14.6. The van der Waals surface area contributed by atoms with E-state index in [2.05, 4.69) is 5.32 Å². The summed E-state index contributed by atoms with van der Waals surface area (Å²) in [6.07, 6.45) is 0.527. The first kappa shape index (κ1) is 15.6. The van der Waals surface area contributed by atoms with Crippen molar-refractivity contribution in [1.82, 2.24) is 5.32 Å². The molecule has 0 aliphatic heterocycles. The maximum absolute atomic E-state index is 13.2. The van der Waals surface area contributed by atoms with Gasteiger partial charge in [0.25, 0.3) is 0 Å². The Labute approximate surface area is 114 Å². The molecule has 0 saturated heterocycles. The van der Waals surface area contributed by atoms with Crippen molar-refractivity contribution >= 4 is 5.91 Å². The van der Waals surface area contributed by atoms with Crippen LogP contribution in [0.3, 0.4) is 0 Å². The fourth-order valence-corrected chi connectivity index (χ4v) is 1.87. The van der Waals surface area contributed by atoms with E-state index in [1.807, 2.05) is 20.8 Å². The van der Waals surface area contributed by atoms with Gasteiger partial charge in [-0.05, 0) is 51.3 Å². The van der Waals surface area contributed by atoms with Crippen LogP contribution in [0, 0.1) is 18.7 Å². The molecular formula is C15H23FN2O. The SMILES string of the molecule is Cc1cc(CC(CN)C(=O)NC(C)(C)C)ccc1F. The van der Waals surface area contributed by atoms with Crippen molar-refractivity contribution in [3.63, 3.8) is 0 Å². The number of hydrogen-bond donors (Lipinski definition) is 2. The lowest BCUT2D eigenvalue weighted by Crippen LogP contribution is -2.46. The lowest BCUT2D eigenvalue weighted by atomic mass is 9.96. The molecule has 0 aliphatic carbocycles. The summed E-state index contributed by atoms with van der Waals surface area (Å²) < 4.78 is 13.2. The molecule has 4 heteroatoms. The van der Waals surface area contributed by atoms with Crippen LogP contribution in [0.2, 0.25) is 0 Å². The van der Waals surface area contributed by atoms with E-state index in [0.717, 1.165) is 5.56 Å². The van der Waals surface area contributed by atoms with Gasteiger partial charge in [-0.2, -0.15) is 0 Å². The topological polar surface area (TPSA) is 55.1 Å². The molecule has 1 aromatic carbocycles. The molecule has 0 aliphatic rings. The van der Waals surface area contributed by atoms with Gasteiger partial charge in [-0.3, -0.25) is 4.79 Å². The molecule has 1 rings (SSSR count). The van der Waals surface area contributed by atoms with Gasteiger partial charge >= 0.3 is 0 Å². The highest BCUT2D eigenvalue weighted by Gasteiger charge is 2.22. The Morgan fingerprint density at radius 3 is 2.53 bits per heavy atom. The summed E-state index contributed by atoms with van der Waals surface area (Å²) in [4.78, 5) is 12.1. The number of aryl methyl sites for hydroxylation is 1. The van der Waals surface area contributed by atoms with E-state index in [-0.39, 0.29) is 29.7 Å². The molecule has 0 saturated carbocycles. The Morgan fingerprint density at radius 1 is 1.42 bits per heavy atom. The van der Waals surface area contributed by atoms with Crippen LogP contribution in [-0.4, -0.2) is 18.0 Å². The van der Waals surface area contributed by atoms with Gasteiger partial charge in [-0.1, -0.05) is 12.1 Å². The Kier molecular flexibility index (Phi) is 5.06. The van der Waals surface area contributed by atoms with Crippen LogP contribution < -0.4 is 11.1 Å². The van der Waals surface area contributed by atoms with Crippen molar-refractivity contribution in [1.29, 1.82) is 0 Å². The number of rotatable bonds is 4. The molecule has 1 amide bonds. The third-order valence-corrected chi connectivity index (χ3v) is 2.86. The molecular weight excluding hydrogens is 243 g/mol. The second-order valence-electron chi connectivity index (χ2n) is 5.96. The molecule has 0 radical (unpaired) electrons. The average Bonchev–Trinajstić information content (AvgIpc) is 2.28. The molecule has 3 nitrogen and oxygen atoms in total. The van der Waals surface area contributed by atoms with Crippen LogP contribution in [0.4, 0.5) is 4.39 Å². The lowest BCUT2D eigenvalue weighted by Gasteiger charge is -2.24. The van der Waals surface area contributed by atoms with Crippen molar-refractivity contribution in [2.45, 2.75) is 39.7 Å². The molecule has 3 N–H and O–H groups in total. The highest BCUT2D eigenvalue weighted by atomic mass is 19.1. The molecule has 1 atom stereocenters. The van der Waals surface area contributed by atoms with Gasteiger partial charge in [0, 0.05) is 12.1 Å². The van der Waals surface area contributed by atoms with Crippen LogP contribution in [0.5, 0.6) is 0 Å². The predicted octanol–water partition coefficient (Wildman–Crippen LogP) is 2.17. The highest BCUT2D eigenvalue weighted by molar-refractivity contribution is 5.79. The monoisotopic (exact) mass is 266 g/mol. The summed E-state index contributed by atoms with van der Waals surface area (Å²) in [5, 5.41) is 2.92. The largest absolute Gasteiger partial charge is 0.351 e. The first-order valence-corrected chi connectivity index (χ1v) is 6.50. The molecule has 0 aromatic heterocycles. The Balaban J connectivity index is 2.76. The summed E-state index contributed by atoms with van der Waals surface area (Å²) >= 11 is 0. The van der Waals surface area contributed by atoms with E-state index >= 15 is 0 Å². The predicted molar refractivity (Wildman–Crippen MR) is 75.3 cm³/mol. The third kappa shape index (κ3) is 4.99. The second-order valence-corrected chi connectivity index (χ2v) is 5.96. The van der Waals surface area contributed by atoms with Crippen LogP contribution in [0.1, 0.15) is 31.9 Å². The highest BCUT2D eigenvalue weighted by Crippen LogP contribution is 2.14. The lowest BCUT2D eigenvalue weighted by molar-refractivity contribution is -0.126. The first-order chi connectivity index (χ1) is 8.73. The first-order valence-electron chi connectivity index (χ1n) is 6.50. The van der Waals surface area contributed by atoms with Gasteiger partial charge in [0.2, 0.25) is 5.91 Å². The second kappa shape index (κ2) is 6.15. The Bertz CT molecular complexity index is 452. The zero-order valence-corrected chi connectivity index (χ0v) is 12.1. The van der Waals surface area contributed by atoms with Crippen molar-refractivity contribution < 1.29 is 9.18 Å². The van der Waals surface area contributed by atoms with Gasteiger partial charge < -0.3 is 11.1 Å². The van der Waals surface area contributed by atoms with E-state index in [9.17, 15) is 9.18 Å². The summed E-state index contributed by atoms with van der Waals surface area (Å²) in [5.41, 5.74) is 6.92.